The maximum absolute atomic E-state index is 6.20. The number of thiophene rings is 3. The Morgan fingerprint density at radius 3 is 1.45 bits per heavy atom. The van der Waals surface area contributed by atoms with Gasteiger partial charge in [-0.3, -0.25) is 0 Å². The lowest BCUT2D eigenvalue weighted by atomic mass is 10.1. The molecule has 0 saturated heterocycles. The summed E-state index contributed by atoms with van der Waals surface area (Å²) in [7, 11) is 0. The molecule has 0 fully saturated rings. The predicted octanol–water partition coefficient (Wildman–Crippen LogP) is 9.62. The average Bonchev–Trinajstić information content (AvgIpc) is 3.54. The number of furan rings is 2. The number of hydrogen-bond donors (Lipinski definition) is 0. The first-order valence-electron chi connectivity index (χ1n) is 10.1. The van der Waals surface area contributed by atoms with Crippen molar-refractivity contribution < 1.29 is 8.83 Å². The standard InChI is InChI=1S/C26H16O2S3/c1-13-3-5-23(29-13)21-9-15-7-17-18-8-16-10-22(24-6-4-14(2)30-24)28-20(16)12-26(18)31-25(17)11-19(15)27-21/h3-12H,1-2H3. The van der Waals surface area contributed by atoms with Gasteiger partial charge in [-0.15, -0.1) is 34.0 Å². The van der Waals surface area contributed by atoms with Gasteiger partial charge in [-0.2, -0.15) is 0 Å². The third-order valence-corrected chi connectivity index (χ3v) is 8.86. The lowest BCUT2D eigenvalue weighted by molar-refractivity contribution is 0.633. The van der Waals surface area contributed by atoms with Gasteiger partial charge in [-0.05, 0) is 74.5 Å². The summed E-state index contributed by atoms with van der Waals surface area (Å²) in [5.41, 5.74) is 1.89. The fourth-order valence-electron chi connectivity index (χ4n) is 4.22. The molecule has 150 valence electrons. The van der Waals surface area contributed by atoms with Gasteiger partial charge < -0.3 is 8.83 Å². The van der Waals surface area contributed by atoms with E-state index in [0.29, 0.717) is 0 Å². The Kier molecular flexibility index (Phi) is 3.63. The monoisotopic (exact) mass is 456 g/mol. The van der Waals surface area contributed by atoms with Gasteiger partial charge in [0.05, 0.1) is 9.75 Å². The van der Waals surface area contributed by atoms with Crippen molar-refractivity contribution in [1.82, 2.24) is 0 Å². The molecular weight excluding hydrogens is 440 g/mol. The minimum Gasteiger partial charge on any atom is -0.455 e. The Labute approximate surface area is 190 Å². The maximum Gasteiger partial charge on any atom is 0.145 e. The van der Waals surface area contributed by atoms with Crippen LogP contribution in [0, 0.1) is 13.8 Å². The lowest BCUT2D eigenvalue weighted by Crippen LogP contribution is -1.68. The molecule has 0 spiro atoms. The second kappa shape index (κ2) is 6.33. The van der Waals surface area contributed by atoms with E-state index in [1.807, 2.05) is 0 Å². The molecule has 5 heterocycles. The van der Waals surface area contributed by atoms with Crippen molar-refractivity contribution in [2.75, 3.05) is 0 Å². The summed E-state index contributed by atoms with van der Waals surface area (Å²) in [5.74, 6) is 1.89. The van der Waals surface area contributed by atoms with Crippen molar-refractivity contribution >= 4 is 76.1 Å². The normalized spacial score (nSPS) is 12.2. The van der Waals surface area contributed by atoms with E-state index >= 15 is 0 Å². The van der Waals surface area contributed by atoms with E-state index in [-0.39, 0.29) is 0 Å². The Balaban J connectivity index is 1.42. The minimum atomic E-state index is 0.944. The highest BCUT2D eigenvalue weighted by Gasteiger charge is 2.15. The van der Waals surface area contributed by atoms with E-state index in [9.17, 15) is 0 Å². The van der Waals surface area contributed by atoms with Gasteiger partial charge in [0.15, 0.2) is 0 Å². The number of rotatable bonds is 2. The molecule has 0 bridgehead atoms. The zero-order valence-corrected chi connectivity index (χ0v) is 19.3. The van der Waals surface area contributed by atoms with Crippen LogP contribution in [0.5, 0.6) is 0 Å². The zero-order valence-electron chi connectivity index (χ0n) is 16.8. The van der Waals surface area contributed by atoms with Crippen LogP contribution < -0.4 is 0 Å². The van der Waals surface area contributed by atoms with Crippen LogP contribution in [-0.4, -0.2) is 0 Å². The van der Waals surface area contributed by atoms with Crippen molar-refractivity contribution in [3.8, 4) is 21.3 Å². The van der Waals surface area contributed by atoms with Crippen LogP contribution in [0.4, 0.5) is 0 Å². The topological polar surface area (TPSA) is 26.3 Å². The number of fused-ring (bicyclic) bond motifs is 5. The van der Waals surface area contributed by atoms with Gasteiger partial charge in [0.2, 0.25) is 0 Å². The van der Waals surface area contributed by atoms with E-state index in [1.54, 1.807) is 34.0 Å². The summed E-state index contributed by atoms with van der Waals surface area (Å²) >= 11 is 5.33. The van der Waals surface area contributed by atoms with Gasteiger partial charge in [-0.1, -0.05) is 0 Å². The minimum absolute atomic E-state index is 0.944. The highest BCUT2D eigenvalue weighted by Crippen LogP contribution is 2.42. The van der Waals surface area contributed by atoms with E-state index in [0.717, 1.165) is 33.5 Å². The molecule has 5 aromatic heterocycles. The number of hydrogen-bond acceptors (Lipinski definition) is 5. The molecule has 0 aliphatic heterocycles. The third-order valence-electron chi connectivity index (χ3n) is 5.71. The van der Waals surface area contributed by atoms with E-state index in [1.165, 1.54) is 39.7 Å². The summed E-state index contributed by atoms with van der Waals surface area (Å²) < 4.78 is 14.9. The molecular formula is C26H16O2S3. The lowest BCUT2D eigenvalue weighted by Gasteiger charge is -1.93. The van der Waals surface area contributed by atoms with Crippen molar-refractivity contribution in [1.29, 1.82) is 0 Å². The Hall–Kier alpha value is -2.86. The molecule has 5 heteroatoms. The zero-order chi connectivity index (χ0) is 20.7. The van der Waals surface area contributed by atoms with Gasteiger partial charge in [0.25, 0.3) is 0 Å². The summed E-state index contributed by atoms with van der Waals surface area (Å²) in [6, 6.07) is 21.8. The summed E-state index contributed by atoms with van der Waals surface area (Å²) in [5, 5.41) is 4.85. The largest absolute Gasteiger partial charge is 0.455 e. The maximum atomic E-state index is 6.20. The van der Waals surface area contributed by atoms with Crippen LogP contribution in [0.15, 0.2) is 69.5 Å². The molecule has 0 N–H and O–H groups in total. The van der Waals surface area contributed by atoms with Crippen LogP contribution in [0.25, 0.3) is 63.4 Å². The van der Waals surface area contributed by atoms with Gasteiger partial charge in [-0.25, -0.2) is 0 Å². The average molecular weight is 457 g/mol. The molecule has 0 unspecified atom stereocenters. The first-order chi connectivity index (χ1) is 15.1. The van der Waals surface area contributed by atoms with Crippen LogP contribution in [0.2, 0.25) is 0 Å². The first kappa shape index (κ1) is 17.8. The van der Waals surface area contributed by atoms with Crippen LogP contribution in [-0.2, 0) is 0 Å². The predicted molar refractivity (Wildman–Crippen MR) is 135 cm³/mol. The fourth-order valence-corrected chi connectivity index (χ4v) is 6.99. The molecule has 0 aliphatic carbocycles. The molecule has 0 radical (unpaired) electrons. The van der Waals surface area contributed by atoms with Crippen molar-refractivity contribution in [3.63, 3.8) is 0 Å². The second-order valence-corrected chi connectivity index (χ2v) is 11.6. The van der Waals surface area contributed by atoms with E-state index in [2.05, 4.69) is 74.5 Å². The molecule has 0 atom stereocenters. The van der Waals surface area contributed by atoms with E-state index < -0.39 is 0 Å². The molecule has 7 rings (SSSR count). The molecule has 7 aromatic rings. The Morgan fingerprint density at radius 2 is 1.03 bits per heavy atom. The molecule has 0 amide bonds. The molecule has 0 aliphatic rings. The second-order valence-electron chi connectivity index (χ2n) is 7.92. The van der Waals surface area contributed by atoms with Crippen molar-refractivity contribution in [2.45, 2.75) is 13.8 Å². The first-order valence-corrected chi connectivity index (χ1v) is 12.5. The van der Waals surface area contributed by atoms with Gasteiger partial charge in [0, 0.05) is 40.7 Å². The van der Waals surface area contributed by atoms with Gasteiger partial charge >= 0.3 is 0 Å². The number of aryl methyl sites for hydroxylation is 2. The molecule has 2 nitrogen and oxygen atoms in total. The van der Waals surface area contributed by atoms with Crippen LogP contribution in [0.3, 0.4) is 0 Å². The summed E-state index contributed by atoms with van der Waals surface area (Å²) in [6.45, 7) is 4.25. The summed E-state index contributed by atoms with van der Waals surface area (Å²) in [6.07, 6.45) is 0. The highest BCUT2D eigenvalue weighted by atomic mass is 32.1. The quantitative estimate of drug-likeness (QED) is 0.259. The molecule has 0 saturated carbocycles. The smallest absolute Gasteiger partial charge is 0.145 e. The van der Waals surface area contributed by atoms with Crippen LogP contribution in [0.1, 0.15) is 9.75 Å². The highest BCUT2D eigenvalue weighted by molar-refractivity contribution is 7.26. The summed E-state index contributed by atoms with van der Waals surface area (Å²) in [4.78, 5) is 4.95. The van der Waals surface area contributed by atoms with Crippen molar-refractivity contribution in [2.24, 2.45) is 0 Å². The van der Waals surface area contributed by atoms with Crippen molar-refractivity contribution in [3.05, 3.63) is 70.4 Å². The molecule has 2 aromatic carbocycles. The molecule has 31 heavy (non-hydrogen) atoms. The van der Waals surface area contributed by atoms with Crippen LogP contribution >= 0.6 is 34.0 Å². The third kappa shape index (κ3) is 2.74. The fraction of sp³-hybridized carbons (Fsp3) is 0.0769. The van der Waals surface area contributed by atoms with E-state index in [4.69, 9.17) is 8.83 Å². The Morgan fingerprint density at radius 1 is 0.548 bits per heavy atom. The SMILES string of the molecule is Cc1ccc(-c2cc3cc4c(cc3o2)sc2cc3oc(-c5ccc(C)s5)cc3cc24)s1. The van der Waals surface area contributed by atoms with Gasteiger partial charge in [0.1, 0.15) is 22.7 Å². The Bertz CT molecular complexity index is 1640. The number of benzene rings is 2.